The van der Waals surface area contributed by atoms with Gasteiger partial charge in [0.1, 0.15) is 5.60 Å². The summed E-state index contributed by atoms with van der Waals surface area (Å²) in [6.45, 7) is 8.69. The van der Waals surface area contributed by atoms with Gasteiger partial charge in [0.05, 0.1) is 11.9 Å². The van der Waals surface area contributed by atoms with Crippen LogP contribution in [0.4, 0.5) is 10.5 Å². The molecule has 0 saturated heterocycles. The molecule has 0 atom stereocenters. The molecule has 0 aliphatic rings. The maximum atomic E-state index is 11.5. The van der Waals surface area contributed by atoms with Gasteiger partial charge in [-0.1, -0.05) is 6.58 Å². The van der Waals surface area contributed by atoms with E-state index in [-0.39, 0.29) is 5.78 Å². The molecule has 1 amide bonds. The van der Waals surface area contributed by atoms with Crippen LogP contribution in [-0.4, -0.2) is 22.5 Å². The van der Waals surface area contributed by atoms with E-state index in [9.17, 15) is 9.59 Å². The fourth-order valence-electron chi connectivity index (χ4n) is 1.18. The first-order valence-electron chi connectivity index (χ1n) is 5.43. The van der Waals surface area contributed by atoms with E-state index in [0.29, 0.717) is 11.3 Å². The Morgan fingerprint density at radius 1 is 1.39 bits per heavy atom. The molecule has 96 valence electrons. The van der Waals surface area contributed by atoms with Gasteiger partial charge in [-0.2, -0.15) is 0 Å². The molecule has 5 nitrogen and oxygen atoms in total. The van der Waals surface area contributed by atoms with E-state index in [1.807, 2.05) is 0 Å². The molecule has 0 fully saturated rings. The van der Waals surface area contributed by atoms with Crippen LogP contribution in [0.5, 0.6) is 0 Å². The van der Waals surface area contributed by atoms with Gasteiger partial charge >= 0.3 is 6.09 Å². The molecule has 0 aromatic carbocycles. The first-order valence-corrected chi connectivity index (χ1v) is 5.43. The summed E-state index contributed by atoms with van der Waals surface area (Å²) in [5.74, 6) is -0.254. The quantitative estimate of drug-likeness (QED) is 0.659. The van der Waals surface area contributed by atoms with Crippen LogP contribution >= 0.6 is 0 Å². The molecule has 18 heavy (non-hydrogen) atoms. The van der Waals surface area contributed by atoms with Crippen molar-refractivity contribution in [2.24, 2.45) is 0 Å². The van der Waals surface area contributed by atoms with Crippen LogP contribution in [-0.2, 0) is 4.74 Å². The lowest BCUT2D eigenvalue weighted by atomic mass is 10.2. The van der Waals surface area contributed by atoms with Crippen molar-refractivity contribution in [2.45, 2.75) is 26.4 Å². The minimum Gasteiger partial charge on any atom is -0.444 e. The van der Waals surface area contributed by atoms with E-state index in [4.69, 9.17) is 4.74 Å². The van der Waals surface area contributed by atoms with Crippen LogP contribution in [0.1, 0.15) is 31.1 Å². The number of hydrogen-bond donors (Lipinski definition) is 1. The lowest BCUT2D eigenvalue weighted by Gasteiger charge is -2.19. The number of aromatic nitrogens is 1. The van der Waals surface area contributed by atoms with E-state index in [2.05, 4.69) is 16.9 Å². The highest BCUT2D eigenvalue weighted by atomic mass is 16.6. The van der Waals surface area contributed by atoms with Gasteiger partial charge in [0.15, 0.2) is 5.78 Å². The number of allylic oxidation sites excluding steroid dienone is 1. The summed E-state index contributed by atoms with van der Waals surface area (Å²) in [6, 6.07) is 1.51. The lowest BCUT2D eigenvalue weighted by Crippen LogP contribution is -2.27. The molecule has 0 saturated carbocycles. The average molecular weight is 248 g/mol. The van der Waals surface area contributed by atoms with E-state index < -0.39 is 11.7 Å². The van der Waals surface area contributed by atoms with Crippen molar-refractivity contribution in [2.75, 3.05) is 5.32 Å². The first-order chi connectivity index (χ1) is 8.31. The summed E-state index contributed by atoms with van der Waals surface area (Å²) in [6.07, 6.45) is 3.44. The highest BCUT2D eigenvalue weighted by molar-refractivity contribution is 6.04. The zero-order valence-electron chi connectivity index (χ0n) is 10.7. The Balaban J connectivity index is 2.77. The zero-order valence-corrected chi connectivity index (χ0v) is 10.7. The first kappa shape index (κ1) is 13.9. The Morgan fingerprint density at radius 3 is 2.61 bits per heavy atom. The molecule has 0 aliphatic carbocycles. The third-order valence-electron chi connectivity index (χ3n) is 1.85. The number of carbonyl (C=O) groups excluding carboxylic acids is 2. The van der Waals surface area contributed by atoms with Crippen LogP contribution in [0, 0.1) is 0 Å². The number of pyridine rings is 1. The van der Waals surface area contributed by atoms with Crippen molar-refractivity contribution in [3.05, 3.63) is 36.7 Å². The molecule has 1 aromatic heterocycles. The Morgan fingerprint density at radius 2 is 2.06 bits per heavy atom. The molecular weight excluding hydrogens is 232 g/mol. The van der Waals surface area contributed by atoms with Gasteiger partial charge in [-0.15, -0.1) is 0 Å². The van der Waals surface area contributed by atoms with Crippen LogP contribution in [0.3, 0.4) is 0 Å². The maximum absolute atomic E-state index is 11.5. The van der Waals surface area contributed by atoms with Gasteiger partial charge in [-0.3, -0.25) is 15.1 Å². The van der Waals surface area contributed by atoms with E-state index >= 15 is 0 Å². The summed E-state index contributed by atoms with van der Waals surface area (Å²) >= 11 is 0. The molecule has 0 bridgehead atoms. The molecule has 1 heterocycles. The second-order valence-corrected chi connectivity index (χ2v) is 4.66. The highest BCUT2D eigenvalue weighted by Gasteiger charge is 2.16. The molecule has 5 heteroatoms. The maximum Gasteiger partial charge on any atom is 0.412 e. The standard InChI is InChI=1S/C13H16N2O3/c1-5-11(16)9-6-10(8-14-7-9)15-12(17)18-13(2,3)4/h5-8H,1H2,2-4H3,(H,15,17). The Labute approximate surface area is 106 Å². The summed E-state index contributed by atoms with van der Waals surface area (Å²) in [5.41, 5.74) is 0.182. The third kappa shape index (κ3) is 4.37. The van der Waals surface area contributed by atoms with Gasteiger partial charge in [-0.05, 0) is 32.9 Å². The van der Waals surface area contributed by atoms with Gasteiger partial charge < -0.3 is 4.74 Å². The lowest BCUT2D eigenvalue weighted by molar-refractivity contribution is 0.0635. The molecule has 0 unspecified atom stereocenters. The fraction of sp³-hybridized carbons (Fsp3) is 0.308. The van der Waals surface area contributed by atoms with Crippen molar-refractivity contribution in [3.63, 3.8) is 0 Å². The minimum atomic E-state index is -0.590. The van der Waals surface area contributed by atoms with Crippen molar-refractivity contribution < 1.29 is 14.3 Å². The second-order valence-electron chi connectivity index (χ2n) is 4.66. The number of nitrogens with zero attached hydrogens (tertiary/aromatic N) is 1. The number of ether oxygens (including phenoxy) is 1. The van der Waals surface area contributed by atoms with Crippen LogP contribution in [0.25, 0.3) is 0 Å². The monoisotopic (exact) mass is 248 g/mol. The molecule has 1 N–H and O–H groups in total. The third-order valence-corrected chi connectivity index (χ3v) is 1.85. The van der Waals surface area contributed by atoms with E-state index in [1.54, 1.807) is 20.8 Å². The van der Waals surface area contributed by atoms with Gasteiger partial charge in [-0.25, -0.2) is 4.79 Å². The zero-order chi connectivity index (χ0) is 13.8. The Kier molecular flexibility index (Phi) is 4.20. The van der Waals surface area contributed by atoms with Crippen molar-refractivity contribution in [1.29, 1.82) is 0 Å². The van der Waals surface area contributed by atoms with Gasteiger partial charge in [0, 0.05) is 11.8 Å². The van der Waals surface area contributed by atoms with Crippen LogP contribution in [0.15, 0.2) is 31.1 Å². The van der Waals surface area contributed by atoms with Gasteiger partial charge in [0.25, 0.3) is 0 Å². The smallest absolute Gasteiger partial charge is 0.412 e. The summed E-state index contributed by atoms with van der Waals surface area (Å²) in [4.78, 5) is 26.8. The predicted octanol–water partition coefficient (Wildman–Crippen LogP) is 2.80. The molecule has 0 spiro atoms. The molecular formula is C13H16N2O3. The number of ketones is 1. The summed E-state index contributed by atoms with van der Waals surface area (Å²) in [7, 11) is 0. The van der Waals surface area contributed by atoms with Crippen molar-refractivity contribution in [3.8, 4) is 0 Å². The SMILES string of the molecule is C=CC(=O)c1cncc(NC(=O)OC(C)(C)C)c1. The Hall–Kier alpha value is -2.17. The number of anilines is 1. The van der Waals surface area contributed by atoms with E-state index in [1.165, 1.54) is 24.5 Å². The number of amides is 1. The average Bonchev–Trinajstić information content (AvgIpc) is 2.25. The van der Waals surface area contributed by atoms with Gasteiger partial charge in [0.2, 0.25) is 0 Å². The van der Waals surface area contributed by atoms with Crippen LogP contribution < -0.4 is 5.32 Å². The minimum absolute atomic E-state index is 0.254. The largest absolute Gasteiger partial charge is 0.444 e. The summed E-state index contributed by atoms with van der Waals surface area (Å²) in [5, 5.41) is 2.51. The molecule has 0 aliphatic heterocycles. The van der Waals surface area contributed by atoms with Crippen molar-refractivity contribution >= 4 is 17.6 Å². The molecule has 0 radical (unpaired) electrons. The number of rotatable bonds is 3. The van der Waals surface area contributed by atoms with Crippen LogP contribution in [0.2, 0.25) is 0 Å². The normalized spacial score (nSPS) is 10.6. The number of nitrogens with one attached hydrogen (secondary N) is 1. The second kappa shape index (κ2) is 5.44. The molecule has 1 rings (SSSR count). The molecule has 1 aromatic rings. The van der Waals surface area contributed by atoms with Crippen molar-refractivity contribution in [1.82, 2.24) is 4.98 Å². The number of carbonyl (C=O) groups is 2. The topological polar surface area (TPSA) is 68.3 Å². The Bertz CT molecular complexity index is 475. The summed E-state index contributed by atoms with van der Waals surface area (Å²) < 4.78 is 5.09. The fourth-order valence-corrected chi connectivity index (χ4v) is 1.18. The highest BCUT2D eigenvalue weighted by Crippen LogP contribution is 2.12. The number of hydrogen-bond acceptors (Lipinski definition) is 4. The van der Waals surface area contributed by atoms with E-state index in [0.717, 1.165) is 0 Å². The predicted molar refractivity (Wildman–Crippen MR) is 68.6 cm³/mol.